The third-order valence-electron chi connectivity index (χ3n) is 7.02. The van der Waals surface area contributed by atoms with Gasteiger partial charge in [-0.25, -0.2) is 8.42 Å². The summed E-state index contributed by atoms with van der Waals surface area (Å²) in [6.07, 6.45) is 1.96. The molecule has 0 saturated heterocycles. The molecule has 2 amide bonds. The number of carbonyl (C=O) groups is 2. The molecule has 0 bridgehead atoms. The number of rotatable bonds is 15. The summed E-state index contributed by atoms with van der Waals surface area (Å²) >= 11 is 0. The standard InChI is InChI=1S/C31H38N4O7S/c1-5-7-19-32-31(37)28(6-2)33(21-24-11-9-8-10-12-24)30(36)22-34(25-14-16-26(42-4)17-15-25)43(40,41)27-18-13-23(3)29(20-27)35(38)39/h8-18,20,28H,5-7,19,21-22H2,1-4H3,(H,32,37)/t28-/m0/s1. The summed E-state index contributed by atoms with van der Waals surface area (Å²) in [5.74, 6) is -0.463. The van der Waals surface area contributed by atoms with Crippen molar-refractivity contribution < 1.29 is 27.7 Å². The van der Waals surface area contributed by atoms with Crippen LogP contribution in [0, 0.1) is 17.0 Å². The Hall–Kier alpha value is -4.45. The summed E-state index contributed by atoms with van der Waals surface area (Å²) in [7, 11) is -3.01. The van der Waals surface area contributed by atoms with Crippen LogP contribution in [0.3, 0.4) is 0 Å². The average molecular weight is 611 g/mol. The SMILES string of the molecule is CCCCNC(=O)[C@H](CC)N(Cc1ccccc1)C(=O)CN(c1ccc(OC)cc1)S(=O)(=O)c1ccc(C)c([N+](=O)[O-])c1. The van der Waals surface area contributed by atoms with E-state index in [2.05, 4.69) is 5.32 Å². The third kappa shape index (κ3) is 8.31. The highest BCUT2D eigenvalue weighted by molar-refractivity contribution is 7.92. The fourth-order valence-corrected chi connectivity index (χ4v) is 5.99. The van der Waals surface area contributed by atoms with E-state index in [0.29, 0.717) is 24.3 Å². The molecule has 0 aliphatic heterocycles. The first-order valence-electron chi connectivity index (χ1n) is 14.1. The van der Waals surface area contributed by atoms with Gasteiger partial charge >= 0.3 is 0 Å². The number of carbonyl (C=O) groups excluding carboxylic acids is 2. The molecule has 0 fully saturated rings. The lowest BCUT2D eigenvalue weighted by Crippen LogP contribution is -2.52. The molecule has 43 heavy (non-hydrogen) atoms. The number of aryl methyl sites for hydroxylation is 1. The molecule has 1 N–H and O–H groups in total. The molecule has 0 aliphatic carbocycles. The molecular weight excluding hydrogens is 572 g/mol. The Labute approximate surface area is 252 Å². The zero-order valence-corrected chi connectivity index (χ0v) is 25.7. The zero-order chi connectivity index (χ0) is 31.6. The van der Waals surface area contributed by atoms with E-state index < -0.39 is 33.4 Å². The van der Waals surface area contributed by atoms with Gasteiger partial charge in [-0.2, -0.15) is 0 Å². The Morgan fingerprint density at radius 1 is 1.02 bits per heavy atom. The molecule has 1 atom stereocenters. The number of amides is 2. The summed E-state index contributed by atoms with van der Waals surface area (Å²) in [6.45, 7) is 5.19. The van der Waals surface area contributed by atoms with Crippen molar-refractivity contribution in [1.29, 1.82) is 0 Å². The minimum absolute atomic E-state index is 0.0753. The number of nitro benzene ring substituents is 1. The van der Waals surface area contributed by atoms with Crippen LogP contribution in [0.25, 0.3) is 0 Å². The Morgan fingerprint density at radius 2 is 1.70 bits per heavy atom. The van der Waals surface area contributed by atoms with Gasteiger partial charge in [0.2, 0.25) is 11.8 Å². The number of sulfonamides is 1. The summed E-state index contributed by atoms with van der Waals surface area (Å²) in [5, 5.41) is 14.5. The van der Waals surface area contributed by atoms with Crippen LogP contribution in [0.2, 0.25) is 0 Å². The van der Waals surface area contributed by atoms with Crippen LogP contribution in [0.4, 0.5) is 11.4 Å². The molecule has 3 rings (SSSR count). The van der Waals surface area contributed by atoms with Crippen LogP contribution in [0.5, 0.6) is 5.75 Å². The van der Waals surface area contributed by atoms with Gasteiger partial charge in [0.1, 0.15) is 18.3 Å². The van der Waals surface area contributed by atoms with E-state index >= 15 is 0 Å². The van der Waals surface area contributed by atoms with E-state index in [4.69, 9.17) is 4.74 Å². The van der Waals surface area contributed by atoms with Crippen molar-refractivity contribution >= 4 is 33.2 Å². The molecule has 230 valence electrons. The second-order valence-electron chi connectivity index (χ2n) is 9.99. The van der Waals surface area contributed by atoms with Crippen molar-refractivity contribution in [1.82, 2.24) is 10.2 Å². The number of unbranched alkanes of at least 4 members (excludes halogenated alkanes) is 1. The maximum absolute atomic E-state index is 14.1. The molecular formula is C31H38N4O7S. The predicted molar refractivity (Wildman–Crippen MR) is 164 cm³/mol. The van der Waals surface area contributed by atoms with Crippen molar-refractivity contribution in [3.05, 3.63) is 94.0 Å². The number of hydrogen-bond donors (Lipinski definition) is 1. The quantitative estimate of drug-likeness (QED) is 0.148. The van der Waals surface area contributed by atoms with E-state index in [-0.39, 0.29) is 28.7 Å². The Balaban J connectivity index is 2.08. The van der Waals surface area contributed by atoms with E-state index in [0.717, 1.165) is 28.8 Å². The van der Waals surface area contributed by atoms with Gasteiger partial charge in [0, 0.05) is 24.7 Å². The summed E-state index contributed by atoms with van der Waals surface area (Å²) in [4.78, 5) is 39.4. The molecule has 0 saturated carbocycles. The predicted octanol–water partition coefficient (Wildman–Crippen LogP) is 4.83. The lowest BCUT2D eigenvalue weighted by Gasteiger charge is -2.33. The largest absolute Gasteiger partial charge is 0.497 e. The lowest BCUT2D eigenvalue weighted by molar-refractivity contribution is -0.385. The molecule has 3 aromatic rings. The Morgan fingerprint density at radius 3 is 2.28 bits per heavy atom. The van der Waals surface area contributed by atoms with E-state index in [9.17, 15) is 28.1 Å². The maximum atomic E-state index is 14.1. The number of ether oxygens (including phenoxy) is 1. The highest BCUT2D eigenvalue weighted by Crippen LogP contribution is 2.29. The van der Waals surface area contributed by atoms with Gasteiger partial charge in [-0.3, -0.25) is 24.0 Å². The van der Waals surface area contributed by atoms with Crippen LogP contribution in [-0.4, -0.2) is 56.3 Å². The second kappa shape index (κ2) is 15.1. The Kier molecular flexibility index (Phi) is 11.6. The van der Waals surface area contributed by atoms with Gasteiger partial charge in [0.15, 0.2) is 0 Å². The molecule has 0 spiro atoms. The third-order valence-corrected chi connectivity index (χ3v) is 8.79. The average Bonchev–Trinajstić information content (AvgIpc) is 3.00. The summed E-state index contributed by atoms with van der Waals surface area (Å²) < 4.78 is 34.2. The maximum Gasteiger partial charge on any atom is 0.273 e. The summed E-state index contributed by atoms with van der Waals surface area (Å²) in [6, 6.07) is 18.0. The zero-order valence-electron chi connectivity index (χ0n) is 24.9. The number of anilines is 1. The monoisotopic (exact) mass is 610 g/mol. The lowest BCUT2D eigenvalue weighted by atomic mass is 10.1. The van der Waals surface area contributed by atoms with Gasteiger partial charge in [0.05, 0.1) is 22.6 Å². The molecule has 0 aliphatic rings. The number of hydrogen-bond acceptors (Lipinski definition) is 7. The normalized spacial score (nSPS) is 11.8. The van der Waals surface area contributed by atoms with Gasteiger partial charge in [-0.1, -0.05) is 56.7 Å². The first-order chi connectivity index (χ1) is 20.5. The molecule has 0 aromatic heterocycles. The highest BCUT2D eigenvalue weighted by atomic mass is 32.2. The topological polar surface area (TPSA) is 139 Å². The van der Waals surface area contributed by atoms with Gasteiger partial charge in [-0.05, 0) is 55.7 Å². The number of nitrogens with one attached hydrogen (secondary N) is 1. The van der Waals surface area contributed by atoms with E-state index in [1.165, 1.54) is 43.2 Å². The van der Waals surface area contributed by atoms with Gasteiger partial charge < -0.3 is 15.0 Å². The van der Waals surface area contributed by atoms with Crippen molar-refractivity contribution in [2.75, 3.05) is 24.5 Å². The van der Waals surface area contributed by atoms with Crippen LogP contribution in [0.1, 0.15) is 44.2 Å². The van der Waals surface area contributed by atoms with Crippen molar-refractivity contribution in [2.24, 2.45) is 0 Å². The Bertz CT molecular complexity index is 1510. The minimum atomic E-state index is -4.48. The van der Waals surface area contributed by atoms with Crippen LogP contribution in [-0.2, 0) is 26.2 Å². The van der Waals surface area contributed by atoms with Crippen molar-refractivity contribution in [3.8, 4) is 5.75 Å². The molecule has 11 nitrogen and oxygen atoms in total. The minimum Gasteiger partial charge on any atom is -0.497 e. The van der Waals surface area contributed by atoms with Crippen molar-refractivity contribution in [3.63, 3.8) is 0 Å². The number of nitro groups is 1. The fraction of sp³-hybridized carbons (Fsp3) is 0.355. The fourth-order valence-electron chi connectivity index (χ4n) is 4.56. The molecule has 0 heterocycles. The highest BCUT2D eigenvalue weighted by Gasteiger charge is 2.34. The first-order valence-corrected chi connectivity index (χ1v) is 15.5. The molecule has 12 heteroatoms. The number of methoxy groups -OCH3 is 1. The molecule has 0 radical (unpaired) electrons. The van der Waals surface area contributed by atoms with Gasteiger partial charge in [-0.15, -0.1) is 0 Å². The van der Waals surface area contributed by atoms with E-state index in [1.807, 2.05) is 37.3 Å². The number of nitrogens with zero attached hydrogens (tertiary/aromatic N) is 3. The number of benzene rings is 3. The first kappa shape index (κ1) is 33.1. The van der Waals surface area contributed by atoms with Crippen molar-refractivity contribution in [2.45, 2.75) is 57.5 Å². The van der Waals surface area contributed by atoms with Crippen LogP contribution in [0.15, 0.2) is 77.7 Å². The van der Waals surface area contributed by atoms with Crippen LogP contribution < -0.4 is 14.4 Å². The van der Waals surface area contributed by atoms with E-state index in [1.54, 1.807) is 19.1 Å². The molecule has 3 aromatic carbocycles. The summed E-state index contributed by atoms with van der Waals surface area (Å²) in [5.41, 5.74) is 0.855. The van der Waals surface area contributed by atoms with Gasteiger partial charge in [0.25, 0.3) is 15.7 Å². The van der Waals surface area contributed by atoms with Crippen LogP contribution >= 0.6 is 0 Å². The second-order valence-corrected chi connectivity index (χ2v) is 11.9. The smallest absolute Gasteiger partial charge is 0.273 e. The molecule has 0 unspecified atom stereocenters.